The molecule has 2 rings (SSSR count). The van der Waals surface area contributed by atoms with Crippen molar-refractivity contribution in [3.05, 3.63) is 47.1 Å². The number of rotatable bonds is 4. The molecule has 2 N–H and O–H groups in total. The molecule has 1 aromatic carbocycles. The Morgan fingerprint density at radius 3 is 2.43 bits per heavy atom. The Hall–Kier alpha value is -1.64. The topological polar surface area (TPSA) is 26.0 Å². The summed E-state index contributed by atoms with van der Waals surface area (Å²) >= 11 is 0. The van der Waals surface area contributed by atoms with E-state index in [-0.39, 0.29) is 11.3 Å². The summed E-state index contributed by atoms with van der Waals surface area (Å²) in [4.78, 5) is 0. The number of nitrogens with two attached hydrogens (primary N) is 1. The van der Waals surface area contributed by atoms with Crippen molar-refractivity contribution in [1.29, 1.82) is 0 Å². The Labute approximate surface area is 125 Å². The smallest absolute Gasteiger partial charge is 0.152 e. The van der Waals surface area contributed by atoms with Crippen molar-refractivity contribution in [3.8, 4) is 0 Å². The average molecular weight is 291 g/mol. The van der Waals surface area contributed by atoms with Gasteiger partial charge in [-0.25, -0.2) is 8.78 Å². The third kappa shape index (κ3) is 3.17. The third-order valence-corrected chi connectivity index (χ3v) is 4.45. The minimum absolute atomic E-state index is 0.0121. The van der Waals surface area contributed by atoms with Crippen LogP contribution in [0.2, 0.25) is 0 Å². The summed E-state index contributed by atoms with van der Waals surface area (Å²) in [5.74, 6) is -0.487. The lowest BCUT2D eigenvalue weighted by molar-refractivity contribution is 0.558. The first-order chi connectivity index (χ1) is 9.93. The van der Waals surface area contributed by atoms with Gasteiger partial charge in [-0.1, -0.05) is 44.4 Å². The maximum absolute atomic E-state index is 14.0. The van der Waals surface area contributed by atoms with Crippen LogP contribution in [0.4, 0.5) is 14.5 Å². The van der Waals surface area contributed by atoms with Crippen LogP contribution in [0.3, 0.4) is 0 Å². The molecule has 1 saturated carbocycles. The highest BCUT2D eigenvalue weighted by atomic mass is 19.1. The minimum atomic E-state index is -0.682. The van der Waals surface area contributed by atoms with E-state index in [1.165, 1.54) is 32.6 Å². The first-order valence-corrected chi connectivity index (χ1v) is 7.53. The summed E-state index contributed by atoms with van der Waals surface area (Å²) in [6.45, 7) is 6.94. The van der Waals surface area contributed by atoms with Crippen molar-refractivity contribution in [2.24, 2.45) is 5.92 Å². The van der Waals surface area contributed by atoms with Gasteiger partial charge in [-0.3, -0.25) is 0 Å². The number of hydrogen-bond donors (Lipinski definition) is 1. The van der Waals surface area contributed by atoms with E-state index < -0.39 is 11.6 Å². The van der Waals surface area contributed by atoms with Crippen LogP contribution in [0.5, 0.6) is 0 Å². The molecule has 0 heterocycles. The molecule has 0 atom stereocenters. The van der Waals surface area contributed by atoms with Gasteiger partial charge < -0.3 is 5.73 Å². The van der Waals surface area contributed by atoms with Crippen molar-refractivity contribution < 1.29 is 8.78 Å². The Kier molecular flexibility index (Phi) is 4.81. The summed E-state index contributed by atoms with van der Waals surface area (Å²) in [5.41, 5.74) is 7.09. The Morgan fingerprint density at radius 1 is 1.19 bits per heavy atom. The first kappa shape index (κ1) is 15.7. The van der Waals surface area contributed by atoms with Gasteiger partial charge in [0.1, 0.15) is 5.82 Å². The molecule has 3 heteroatoms. The lowest BCUT2D eigenvalue weighted by Crippen LogP contribution is -2.05. The number of benzene rings is 1. The molecule has 0 aliphatic heterocycles. The zero-order chi connectivity index (χ0) is 15.6. The van der Waals surface area contributed by atoms with E-state index in [9.17, 15) is 8.78 Å². The third-order valence-electron chi connectivity index (χ3n) is 4.45. The van der Waals surface area contributed by atoms with Crippen LogP contribution in [0.15, 0.2) is 18.7 Å². The van der Waals surface area contributed by atoms with E-state index in [4.69, 9.17) is 5.73 Å². The van der Waals surface area contributed by atoms with Crippen LogP contribution < -0.4 is 5.73 Å². The fourth-order valence-electron chi connectivity index (χ4n) is 3.15. The van der Waals surface area contributed by atoms with E-state index in [1.807, 2.05) is 12.2 Å². The maximum atomic E-state index is 14.0. The van der Waals surface area contributed by atoms with Gasteiger partial charge in [-0.15, -0.1) is 0 Å². The van der Waals surface area contributed by atoms with Crippen molar-refractivity contribution in [1.82, 2.24) is 0 Å². The Balaban J connectivity index is 2.21. The zero-order valence-corrected chi connectivity index (χ0v) is 12.8. The summed E-state index contributed by atoms with van der Waals surface area (Å²) in [6, 6.07) is 0. The molecule has 114 valence electrons. The van der Waals surface area contributed by atoms with Gasteiger partial charge in [0.15, 0.2) is 5.82 Å². The fourth-order valence-corrected chi connectivity index (χ4v) is 3.15. The molecule has 1 nitrogen and oxygen atoms in total. The summed E-state index contributed by atoms with van der Waals surface area (Å²) in [5, 5.41) is 0. The predicted octanol–water partition coefficient (Wildman–Crippen LogP) is 5.31. The van der Waals surface area contributed by atoms with Crippen molar-refractivity contribution in [3.63, 3.8) is 0 Å². The van der Waals surface area contributed by atoms with Gasteiger partial charge in [0.25, 0.3) is 0 Å². The van der Waals surface area contributed by atoms with E-state index in [2.05, 4.69) is 6.58 Å². The average Bonchev–Trinajstić information content (AvgIpc) is 2.96. The fraction of sp³-hybridized carbons (Fsp3) is 0.444. The van der Waals surface area contributed by atoms with Gasteiger partial charge in [0, 0.05) is 11.1 Å². The van der Waals surface area contributed by atoms with Gasteiger partial charge in [0.05, 0.1) is 5.69 Å². The van der Waals surface area contributed by atoms with E-state index >= 15 is 0 Å². The molecule has 0 saturated heterocycles. The molecule has 1 fully saturated rings. The molecule has 1 aliphatic carbocycles. The number of halogens is 2. The lowest BCUT2D eigenvalue weighted by atomic mass is 9.95. The highest BCUT2D eigenvalue weighted by molar-refractivity contribution is 5.82. The molecule has 1 aliphatic rings. The number of nitrogen functional groups attached to an aromatic ring is 1. The van der Waals surface area contributed by atoms with Crippen LogP contribution in [0.1, 0.15) is 48.8 Å². The SMILES string of the molecule is C=C(/C=C\CC1CCCC1)c1c(C)c(F)c(C)c(F)c1N. The van der Waals surface area contributed by atoms with Crippen LogP contribution in [0, 0.1) is 31.4 Å². The first-order valence-electron chi connectivity index (χ1n) is 7.53. The molecule has 1 aromatic rings. The molecule has 0 unspecified atom stereocenters. The van der Waals surface area contributed by atoms with E-state index in [1.54, 1.807) is 6.92 Å². The van der Waals surface area contributed by atoms with Gasteiger partial charge in [0.2, 0.25) is 0 Å². The highest BCUT2D eigenvalue weighted by Gasteiger charge is 2.19. The quantitative estimate of drug-likeness (QED) is 0.590. The maximum Gasteiger partial charge on any atom is 0.152 e. The number of anilines is 1. The molecule has 0 amide bonds. The van der Waals surface area contributed by atoms with E-state index in [0.29, 0.717) is 16.7 Å². The van der Waals surface area contributed by atoms with Crippen molar-refractivity contribution in [2.45, 2.75) is 46.0 Å². The molecule has 0 spiro atoms. The van der Waals surface area contributed by atoms with Crippen molar-refractivity contribution in [2.75, 3.05) is 5.73 Å². The number of hydrogen-bond acceptors (Lipinski definition) is 1. The normalized spacial score (nSPS) is 16.0. The Morgan fingerprint density at radius 2 is 1.81 bits per heavy atom. The molecular weight excluding hydrogens is 268 g/mol. The second kappa shape index (κ2) is 6.42. The second-order valence-corrected chi connectivity index (χ2v) is 5.98. The standard InChI is InChI=1S/C18H23F2N/c1-11(7-6-10-14-8-4-5-9-14)15-12(2)16(19)13(3)17(20)18(15)21/h6-7,14H,1,4-5,8-10,21H2,2-3H3/b7-6-. The lowest BCUT2D eigenvalue weighted by Gasteiger charge is -2.14. The summed E-state index contributed by atoms with van der Waals surface area (Å²) in [6.07, 6.45) is 10.0. The second-order valence-electron chi connectivity index (χ2n) is 5.98. The van der Waals surface area contributed by atoms with Gasteiger partial charge in [-0.2, -0.15) is 0 Å². The van der Waals surface area contributed by atoms with Crippen LogP contribution >= 0.6 is 0 Å². The van der Waals surface area contributed by atoms with Crippen LogP contribution in [-0.4, -0.2) is 0 Å². The molecule has 0 aromatic heterocycles. The molecular formula is C18H23F2N. The zero-order valence-electron chi connectivity index (χ0n) is 12.8. The summed E-state index contributed by atoms with van der Waals surface area (Å²) < 4.78 is 27.9. The monoisotopic (exact) mass is 291 g/mol. The van der Waals surface area contributed by atoms with E-state index in [0.717, 1.165) is 12.3 Å². The van der Waals surface area contributed by atoms with Gasteiger partial charge >= 0.3 is 0 Å². The molecule has 0 bridgehead atoms. The van der Waals surface area contributed by atoms with Crippen molar-refractivity contribution >= 4 is 11.3 Å². The molecule has 0 radical (unpaired) electrons. The van der Waals surface area contributed by atoms with Crippen LogP contribution in [0.25, 0.3) is 5.57 Å². The van der Waals surface area contributed by atoms with Gasteiger partial charge in [-0.05, 0) is 37.3 Å². The van der Waals surface area contributed by atoms with Crippen LogP contribution in [-0.2, 0) is 0 Å². The largest absolute Gasteiger partial charge is 0.396 e. The highest BCUT2D eigenvalue weighted by Crippen LogP contribution is 2.33. The Bertz CT molecular complexity index is 552. The predicted molar refractivity (Wildman–Crippen MR) is 85.0 cm³/mol. The minimum Gasteiger partial charge on any atom is -0.396 e. The molecule has 21 heavy (non-hydrogen) atoms. The number of allylic oxidation sites excluding steroid dienone is 3. The summed E-state index contributed by atoms with van der Waals surface area (Å²) in [7, 11) is 0.